The molecular weight excluding hydrogens is 250 g/mol. The lowest BCUT2D eigenvalue weighted by Crippen LogP contribution is -2.03. The first-order valence-electron chi connectivity index (χ1n) is 3.66. The van der Waals surface area contributed by atoms with Crippen molar-refractivity contribution in [1.82, 2.24) is 0 Å². The first-order chi connectivity index (χ1) is 6.60. The van der Waals surface area contributed by atoms with Crippen molar-refractivity contribution in [2.24, 2.45) is 0 Å². The van der Waals surface area contributed by atoms with Crippen molar-refractivity contribution in [3.05, 3.63) is 33.3 Å². The molecule has 2 N–H and O–H groups in total. The molecule has 72 valence electrons. The lowest BCUT2D eigenvalue weighted by Gasteiger charge is -2.04. The van der Waals surface area contributed by atoms with Crippen molar-refractivity contribution < 1.29 is 15.0 Å². The van der Waals surface area contributed by atoms with Gasteiger partial charge in [-0.2, -0.15) is 5.26 Å². The fourth-order valence-electron chi connectivity index (χ4n) is 1.06. The zero-order valence-electron chi connectivity index (χ0n) is 6.99. The molecule has 0 spiro atoms. The standard InChI is InChI=1S/C9H6BrNO3/c10-7-2-5(4-12)1-6(3-11)8(7)9(13)14/h1-2,12H,4H2,(H,13,14). The highest BCUT2D eigenvalue weighted by Gasteiger charge is 2.15. The number of aromatic carboxylic acids is 1. The molecule has 4 nitrogen and oxygen atoms in total. The van der Waals surface area contributed by atoms with E-state index in [4.69, 9.17) is 15.5 Å². The Bertz CT molecular complexity index is 423. The van der Waals surface area contributed by atoms with Crippen LogP contribution in [0.4, 0.5) is 0 Å². The Hall–Kier alpha value is -1.38. The minimum atomic E-state index is -1.17. The molecule has 1 rings (SSSR count). The third-order valence-corrected chi connectivity index (χ3v) is 2.29. The summed E-state index contributed by atoms with van der Waals surface area (Å²) in [7, 11) is 0. The lowest BCUT2D eigenvalue weighted by molar-refractivity contribution is 0.0695. The van der Waals surface area contributed by atoms with Crippen molar-refractivity contribution in [1.29, 1.82) is 5.26 Å². The molecule has 0 atom stereocenters. The minimum absolute atomic E-state index is 0.0379. The average molecular weight is 256 g/mol. The number of carbonyl (C=O) groups is 1. The maximum absolute atomic E-state index is 10.8. The molecule has 0 aliphatic carbocycles. The van der Waals surface area contributed by atoms with Crippen LogP contribution in [0.1, 0.15) is 21.5 Å². The van der Waals surface area contributed by atoms with Gasteiger partial charge in [-0.15, -0.1) is 0 Å². The predicted octanol–water partition coefficient (Wildman–Crippen LogP) is 1.51. The number of nitrogens with zero attached hydrogens (tertiary/aromatic N) is 1. The number of carboxylic acids is 1. The topological polar surface area (TPSA) is 81.3 Å². The number of halogens is 1. The van der Waals surface area contributed by atoms with Crippen molar-refractivity contribution in [3.8, 4) is 6.07 Å². The van der Waals surface area contributed by atoms with E-state index < -0.39 is 5.97 Å². The number of hydrogen-bond acceptors (Lipinski definition) is 3. The second kappa shape index (κ2) is 4.22. The number of aliphatic hydroxyl groups excluding tert-OH is 1. The molecule has 0 aliphatic heterocycles. The van der Waals surface area contributed by atoms with Gasteiger partial charge in [-0.25, -0.2) is 4.79 Å². The van der Waals surface area contributed by atoms with Crippen LogP contribution in [0.25, 0.3) is 0 Å². The van der Waals surface area contributed by atoms with E-state index in [-0.39, 0.29) is 17.7 Å². The highest BCUT2D eigenvalue weighted by molar-refractivity contribution is 9.10. The Kier molecular flexibility index (Phi) is 3.23. The molecule has 1 aromatic rings. The van der Waals surface area contributed by atoms with E-state index in [1.165, 1.54) is 12.1 Å². The molecule has 0 heterocycles. The zero-order chi connectivity index (χ0) is 10.7. The summed E-state index contributed by atoms with van der Waals surface area (Å²) in [5.41, 5.74) is 0.457. The molecule has 0 radical (unpaired) electrons. The third-order valence-electron chi connectivity index (χ3n) is 1.67. The van der Waals surface area contributed by atoms with E-state index in [1.54, 1.807) is 6.07 Å². The number of benzene rings is 1. The van der Waals surface area contributed by atoms with Gasteiger partial charge in [0.1, 0.15) is 6.07 Å². The van der Waals surface area contributed by atoms with Crippen LogP contribution in [0.15, 0.2) is 16.6 Å². The Labute approximate surface area is 88.5 Å². The molecule has 0 unspecified atom stereocenters. The fraction of sp³-hybridized carbons (Fsp3) is 0.111. The second-order valence-corrected chi connectivity index (χ2v) is 3.43. The molecule has 5 heteroatoms. The first kappa shape index (κ1) is 10.7. The van der Waals surface area contributed by atoms with Crippen LogP contribution in [-0.4, -0.2) is 16.2 Å². The van der Waals surface area contributed by atoms with Crippen LogP contribution in [0, 0.1) is 11.3 Å². The van der Waals surface area contributed by atoms with Crippen LogP contribution in [0.5, 0.6) is 0 Å². The summed E-state index contributed by atoms with van der Waals surface area (Å²) in [6.45, 7) is -0.229. The molecule has 0 saturated heterocycles. The molecule has 1 aromatic carbocycles. The summed E-state index contributed by atoms with van der Waals surface area (Å²) in [5, 5.41) is 26.3. The van der Waals surface area contributed by atoms with E-state index in [2.05, 4.69) is 15.9 Å². The molecular formula is C9H6BrNO3. The summed E-state index contributed by atoms with van der Waals surface area (Å²) in [5.74, 6) is -1.17. The summed E-state index contributed by atoms with van der Waals surface area (Å²) >= 11 is 3.04. The average Bonchev–Trinajstić information content (AvgIpc) is 2.15. The number of nitriles is 1. The van der Waals surface area contributed by atoms with E-state index in [0.29, 0.717) is 10.0 Å². The minimum Gasteiger partial charge on any atom is -0.478 e. The van der Waals surface area contributed by atoms with Crippen molar-refractivity contribution in [2.75, 3.05) is 0 Å². The highest BCUT2D eigenvalue weighted by atomic mass is 79.9. The maximum Gasteiger partial charge on any atom is 0.338 e. The van der Waals surface area contributed by atoms with Crippen LogP contribution < -0.4 is 0 Å². The van der Waals surface area contributed by atoms with Crippen LogP contribution >= 0.6 is 15.9 Å². The van der Waals surface area contributed by atoms with Gasteiger partial charge in [-0.3, -0.25) is 0 Å². The molecule has 0 fully saturated rings. The van der Waals surface area contributed by atoms with Gasteiger partial charge in [0, 0.05) is 4.47 Å². The monoisotopic (exact) mass is 255 g/mol. The van der Waals surface area contributed by atoms with E-state index in [0.717, 1.165) is 0 Å². The molecule has 0 aromatic heterocycles. The SMILES string of the molecule is N#Cc1cc(CO)cc(Br)c1C(=O)O. The third kappa shape index (κ3) is 1.92. The molecule has 0 aliphatic rings. The summed E-state index contributed by atoms with van der Waals surface area (Å²) in [6, 6.07) is 4.60. The molecule has 0 saturated carbocycles. The van der Waals surface area contributed by atoms with Crippen LogP contribution in [0.2, 0.25) is 0 Å². The van der Waals surface area contributed by atoms with E-state index >= 15 is 0 Å². The zero-order valence-corrected chi connectivity index (χ0v) is 8.58. The Morgan fingerprint density at radius 2 is 2.21 bits per heavy atom. The number of aliphatic hydroxyl groups is 1. The van der Waals surface area contributed by atoms with Crippen molar-refractivity contribution in [2.45, 2.75) is 6.61 Å². The van der Waals surface area contributed by atoms with Gasteiger partial charge in [-0.05, 0) is 33.6 Å². The Balaban J connectivity index is 3.44. The van der Waals surface area contributed by atoms with Gasteiger partial charge in [-0.1, -0.05) is 0 Å². The summed E-state index contributed by atoms with van der Waals surface area (Å²) < 4.78 is 0.299. The summed E-state index contributed by atoms with van der Waals surface area (Å²) in [4.78, 5) is 10.8. The molecule has 14 heavy (non-hydrogen) atoms. The molecule has 0 bridgehead atoms. The Morgan fingerprint density at radius 3 is 2.64 bits per heavy atom. The maximum atomic E-state index is 10.8. The van der Waals surface area contributed by atoms with Gasteiger partial charge in [0.15, 0.2) is 0 Å². The highest BCUT2D eigenvalue weighted by Crippen LogP contribution is 2.22. The number of rotatable bonds is 2. The van der Waals surface area contributed by atoms with Crippen molar-refractivity contribution >= 4 is 21.9 Å². The van der Waals surface area contributed by atoms with E-state index in [9.17, 15) is 4.79 Å². The smallest absolute Gasteiger partial charge is 0.338 e. The molecule has 0 amide bonds. The van der Waals surface area contributed by atoms with Gasteiger partial charge < -0.3 is 10.2 Å². The normalized spacial score (nSPS) is 9.50. The largest absolute Gasteiger partial charge is 0.478 e. The van der Waals surface area contributed by atoms with E-state index in [1.807, 2.05) is 0 Å². The van der Waals surface area contributed by atoms with Gasteiger partial charge >= 0.3 is 5.97 Å². The van der Waals surface area contributed by atoms with Crippen molar-refractivity contribution in [3.63, 3.8) is 0 Å². The fourth-order valence-corrected chi connectivity index (χ4v) is 1.74. The number of hydrogen-bond donors (Lipinski definition) is 2. The second-order valence-electron chi connectivity index (χ2n) is 2.58. The summed E-state index contributed by atoms with van der Waals surface area (Å²) in [6.07, 6.45) is 0. The van der Waals surface area contributed by atoms with Gasteiger partial charge in [0.25, 0.3) is 0 Å². The van der Waals surface area contributed by atoms with Crippen LogP contribution in [0.3, 0.4) is 0 Å². The van der Waals surface area contributed by atoms with Gasteiger partial charge in [0.05, 0.1) is 17.7 Å². The van der Waals surface area contributed by atoms with Gasteiger partial charge in [0.2, 0.25) is 0 Å². The first-order valence-corrected chi connectivity index (χ1v) is 4.46. The quantitative estimate of drug-likeness (QED) is 0.840. The van der Waals surface area contributed by atoms with Crippen LogP contribution in [-0.2, 0) is 6.61 Å². The Morgan fingerprint density at radius 1 is 1.57 bits per heavy atom. The lowest BCUT2D eigenvalue weighted by atomic mass is 10.1. The predicted molar refractivity (Wildman–Crippen MR) is 51.7 cm³/mol. The number of carboxylic acid groups (broad SMARTS) is 1.